The Labute approximate surface area is 126 Å². The average Bonchev–Trinajstić information content (AvgIpc) is 2.90. The molecule has 0 bridgehead atoms. The normalized spacial score (nSPS) is 29.5. The van der Waals surface area contributed by atoms with Crippen LogP contribution in [0.1, 0.15) is 44.9 Å². The lowest BCUT2D eigenvalue weighted by Gasteiger charge is -2.28. The van der Waals surface area contributed by atoms with Crippen molar-refractivity contribution in [3.05, 3.63) is 0 Å². The third-order valence-corrected chi connectivity index (χ3v) is 4.38. The van der Waals surface area contributed by atoms with Gasteiger partial charge in [0.2, 0.25) is 11.8 Å². The molecule has 3 atom stereocenters. The fourth-order valence-electron chi connectivity index (χ4n) is 3.18. The highest BCUT2D eigenvalue weighted by atomic mass is 35.5. The number of rotatable bonds is 5. The molecule has 116 valence electrons. The molecule has 2 fully saturated rings. The highest BCUT2D eigenvalue weighted by Gasteiger charge is 2.26. The van der Waals surface area contributed by atoms with E-state index in [2.05, 4.69) is 10.6 Å². The molecule has 0 aromatic carbocycles. The Hall–Kier alpha value is -0.810. The molecule has 4 N–H and O–H groups in total. The number of hydrogen-bond donors (Lipinski definition) is 3. The van der Waals surface area contributed by atoms with Crippen molar-refractivity contribution in [3.8, 4) is 0 Å². The van der Waals surface area contributed by atoms with E-state index in [1.165, 1.54) is 6.42 Å². The summed E-state index contributed by atoms with van der Waals surface area (Å²) in [5.41, 5.74) is 5.34. The first kappa shape index (κ1) is 17.2. The Morgan fingerprint density at radius 2 is 2.05 bits per heavy atom. The molecule has 0 aromatic heterocycles. The molecule has 2 amide bonds. The van der Waals surface area contributed by atoms with Crippen LogP contribution in [0.2, 0.25) is 0 Å². The van der Waals surface area contributed by atoms with Crippen LogP contribution in [0.15, 0.2) is 0 Å². The number of primary amides is 1. The number of halogens is 1. The van der Waals surface area contributed by atoms with Gasteiger partial charge in [-0.3, -0.25) is 9.59 Å². The SMILES string of the molecule is Cl.NC(=O)C1CCCC(NC(=O)CCC2CCNC2)C1. The molecule has 1 aliphatic carbocycles. The molecule has 0 aromatic rings. The van der Waals surface area contributed by atoms with E-state index in [4.69, 9.17) is 5.73 Å². The third-order valence-electron chi connectivity index (χ3n) is 4.38. The topological polar surface area (TPSA) is 84.2 Å². The lowest BCUT2D eigenvalue weighted by atomic mass is 9.85. The van der Waals surface area contributed by atoms with Crippen LogP contribution in [0.5, 0.6) is 0 Å². The zero-order chi connectivity index (χ0) is 13.7. The van der Waals surface area contributed by atoms with E-state index in [0.717, 1.165) is 38.8 Å². The first-order valence-corrected chi connectivity index (χ1v) is 7.44. The van der Waals surface area contributed by atoms with Crippen LogP contribution in [-0.2, 0) is 9.59 Å². The van der Waals surface area contributed by atoms with Crippen LogP contribution >= 0.6 is 12.4 Å². The zero-order valence-corrected chi connectivity index (χ0v) is 12.7. The van der Waals surface area contributed by atoms with Crippen molar-refractivity contribution in [2.45, 2.75) is 51.0 Å². The van der Waals surface area contributed by atoms with E-state index in [1.54, 1.807) is 0 Å². The molecule has 2 rings (SSSR count). The maximum atomic E-state index is 11.9. The summed E-state index contributed by atoms with van der Waals surface area (Å²) in [6.07, 6.45) is 6.28. The van der Waals surface area contributed by atoms with Gasteiger partial charge in [-0.15, -0.1) is 12.4 Å². The van der Waals surface area contributed by atoms with Gasteiger partial charge in [0.25, 0.3) is 0 Å². The van der Waals surface area contributed by atoms with E-state index in [-0.39, 0.29) is 36.2 Å². The summed E-state index contributed by atoms with van der Waals surface area (Å²) in [5, 5.41) is 6.37. The summed E-state index contributed by atoms with van der Waals surface area (Å²) in [5.74, 6) is 0.492. The number of nitrogens with one attached hydrogen (secondary N) is 2. The van der Waals surface area contributed by atoms with Gasteiger partial charge in [0.15, 0.2) is 0 Å². The molecule has 0 radical (unpaired) electrons. The van der Waals surface area contributed by atoms with Crippen molar-refractivity contribution in [1.29, 1.82) is 0 Å². The second kappa shape index (κ2) is 8.47. The first-order valence-electron chi connectivity index (χ1n) is 7.44. The number of amides is 2. The van der Waals surface area contributed by atoms with E-state index < -0.39 is 0 Å². The number of hydrogen-bond acceptors (Lipinski definition) is 3. The maximum absolute atomic E-state index is 11.9. The van der Waals surface area contributed by atoms with E-state index in [1.807, 2.05) is 0 Å². The number of carbonyl (C=O) groups excluding carboxylic acids is 2. The summed E-state index contributed by atoms with van der Waals surface area (Å²) in [7, 11) is 0. The molecule has 1 saturated heterocycles. The summed E-state index contributed by atoms with van der Waals surface area (Å²) in [4.78, 5) is 23.1. The van der Waals surface area contributed by atoms with Gasteiger partial charge in [-0.1, -0.05) is 6.42 Å². The lowest BCUT2D eigenvalue weighted by molar-refractivity contribution is -0.125. The van der Waals surface area contributed by atoms with Crippen LogP contribution in [0.4, 0.5) is 0 Å². The Morgan fingerprint density at radius 3 is 2.70 bits per heavy atom. The molecule has 1 heterocycles. The van der Waals surface area contributed by atoms with Crippen LogP contribution in [-0.4, -0.2) is 30.9 Å². The first-order chi connectivity index (χ1) is 9.15. The van der Waals surface area contributed by atoms with Crippen LogP contribution < -0.4 is 16.4 Å². The quantitative estimate of drug-likeness (QED) is 0.707. The predicted molar refractivity (Wildman–Crippen MR) is 80.5 cm³/mol. The smallest absolute Gasteiger partial charge is 0.220 e. The van der Waals surface area contributed by atoms with Gasteiger partial charge < -0.3 is 16.4 Å². The van der Waals surface area contributed by atoms with Crippen molar-refractivity contribution < 1.29 is 9.59 Å². The largest absolute Gasteiger partial charge is 0.369 e. The predicted octanol–water partition coefficient (Wildman–Crippen LogP) is 0.958. The molecule has 1 aliphatic heterocycles. The van der Waals surface area contributed by atoms with Gasteiger partial charge in [-0.2, -0.15) is 0 Å². The minimum Gasteiger partial charge on any atom is -0.369 e. The van der Waals surface area contributed by atoms with Crippen molar-refractivity contribution in [2.24, 2.45) is 17.6 Å². The van der Waals surface area contributed by atoms with Gasteiger partial charge in [-0.05, 0) is 51.1 Å². The average molecular weight is 304 g/mol. The molecule has 5 nitrogen and oxygen atoms in total. The van der Waals surface area contributed by atoms with Gasteiger partial charge in [-0.25, -0.2) is 0 Å². The molecule has 3 unspecified atom stereocenters. The summed E-state index contributed by atoms with van der Waals surface area (Å²) >= 11 is 0. The third kappa shape index (κ3) is 5.29. The Morgan fingerprint density at radius 1 is 1.25 bits per heavy atom. The van der Waals surface area contributed by atoms with E-state index in [0.29, 0.717) is 18.8 Å². The minimum absolute atomic E-state index is 0. The number of nitrogens with two attached hydrogens (primary N) is 1. The van der Waals surface area contributed by atoms with Gasteiger partial charge in [0, 0.05) is 18.4 Å². The van der Waals surface area contributed by atoms with Crippen LogP contribution in [0, 0.1) is 11.8 Å². The molecule has 1 saturated carbocycles. The van der Waals surface area contributed by atoms with Crippen LogP contribution in [0.25, 0.3) is 0 Å². The lowest BCUT2D eigenvalue weighted by Crippen LogP contribution is -2.41. The second-order valence-electron chi connectivity index (χ2n) is 5.93. The van der Waals surface area contributed by atoms with Gasteiger partial charge in [0.05, 0.1) is 0 Å². The summed E-state index contributed by atoms with van der Waals surface area (Å²) < 4.78 is 0. The Kier molecular flexibility index (Phi) is 7.30. The fraction of sp³-hybridized carbons (Fsp3) is 0.857. The molecular formula is C14H26ClN3O2. The van der Waals surface area contributed by atoms with Gasteiger partial charge >= 0.3 is 0 Å². The minimum atomic E-state index is -0.226. The molecule has 6 heteroatoms. The highest BCUT2D eigenvalue weighted by Crippen LogP contribution is 2.24. The Bertz CT molecular complexity index is 332. The van der Waals surface area contributed by atoms with E-state index >= 15 is 0 Å². The zero-order valence-electron chi connectivity index (χ0n) is 11.9. The number of carbonyl (C=O) groups is 2. The fourth-order valence-corrected chi connectivity index (χ4v) is 3.18. The monoisotopic (exact) mass is 303 g/mol. The Balaban J connectivity index is 0.00000200. The van der Waals surface area contributed by atoms with Crippen molar-refractivity contribution in [3.63, 3.8) is 0 Å². The van der Waals surface area contributed by atoms with Crippen LogP contribution in [0.3, 0.4) is 0 Å². The van der Waals surface area contributed by atoms with Gasteiger partial charge in [0.1, 0.15) is 0 Å². The molecule has 20 heavy (non-hydrogen) atoms. The highest BCUT2D eigenvalue weighted by molar-refractivity contribution is 5.85. The van der Waals surface area contributed by atoms with Crippen molar-refractivity contribution in [1.82, 2.24) is 10.6 Å². The van der Waals surface area contributed by atoms with Crippen molar-refractivity contribution >= 4 is 24.2 Å². The van der Waals surface area contributed by atoms with E-state index in [9.17, 15) is 9.59 Å². The summed E-state index contributed by atoms with van der Waals surface area (Å²) in [6, 6.07) is 0.139. The second-order valence-corrected chi connectivity index (χ2v) is 5.93. The molecule has 2 aliphatic rings. The maximum Gasteiger partial charge on any atom is 0.220 e. The molecule has 0 spiro atoms. The molecular weight excluding hydrogens is 278 g/mol. The summed E-state index contributed by atoms with van der Waals surface area (Å²) in [6.45, 7) is 2.12. The standard InChI is InChI=1S/C14H25N3O2.ClH/c15-14(19)11-2-1-3-12(8-11)17-13(18)5-4-10-6-7-16-9-10;/h10-12,16H,1-9H2,(H2,15,19)(H,17,18);1H. The van der Waals surface area contributed by atoms with Crippen molar-refractivity contribution in [2.75, 3.05) is 13.1 Å².